The fraction of sp³-hybridized carbons (Fsp3) is 0.292. The third-order valence-corrected chi connectivity index (χ3v) is 6.50. The minimum atomic E-state index is -0.370. The number of hydrogen-bond acceptors (Lipinski definition) is 6. The Morgan fingerprint density at radius 2 is 1.84 bits per heavy atom. The van der Waals surface area contributed by atoms with Gasteiger partial charge in [-0.05, 0) is 55.7 Å². The van der Waals surface area contributed by atoms with Crippen LogP contribution in [0.2, 0.25) is 0 Å². The van der Waals surface area contributed by atoms with Crippen LogP contribution < -0.4 is 10.6 Å². The first-order valence-electron chi connectivity index (χ1n) is 10.5. The molecule has 2 aromatic rings. The normalized spacial score (nSPS) is 17.9. The Hall–Kier alpha value is -3.26. The van der Waals surface area contributed by atoms with Crippen LogP contribution in [0.25, 0.3) is 0 Å². The maximum absolute atomic E-state index is 12.6. The summed E-state index contributed by atoms with van der Waals surface area (Å²) in [7, 11) is 1.39. The van der Waals surface area contributed by atoms with Gasteiger partial charge in [0.05, 0.1) is 24.4 Å². The van der Waals surface area contributed by atoms with E-state index in [0.29, 0.717) is 17.0 Å². The summed E-state index contributed by atoms with van der Waals surface area (Å²) < 4.78 is 5.07. The minimum absolute atomic E-state index is 0.266. The molecule has 2 aliphatic rings. The number of aliphatic imine (C=N–C) groups is 1. The molecule has 7 nitrogen and oxygen atoms in total. The monoisotopic (exact) mass is 450 g/mol. The van der Waals surface area contributed by atoms with Gasteiger partial charge in [0, 0.05) is 23.7 Å². The van der Waals surface area contributed by atoms with E-state index >= 15 is 0 Å². The molecule has 2 aromatic carbocycles. The molecule has 0 spiro atoms. The van der Waals surface area contributed by atoms with Crippen molar-refractivity contribution in [2.75, 3.05) is 30.0 Å². The Labute approximate surface area is 191 Å². The molecule has 2 N–H and O–H groups in total. The van der Waals surface area contributed by atoms with E-state index < -0.39 is 0 Å². The Morgan fingerprint density at radius 3 is 2.56 bits per heavy atom. The molecular formula is C24H26N4O3S. The Bertz CT molecular complexity index is 1090. The predicted molar refractivity (Wildman–Crippen MR) is 129 cm³/mol. The lowest BCUT2D eigenvalue weighted by Crippen LogP contribution is -2.42. The van der Waals surface area contributed by atoms with E-state index in [1.54, 1.807) is 11.8 Å². The largest absolute Gasteiger partial charge is 0.466 e. The van der Waals surface area contributed by atoms with Gasteiger partial charge in [-0.15, -0.1) is 0 Å². The highest BCUT2D eigenvalue weighted by Gasteiger charge is 2.37. The second kappa shape index (κ2) is 9.48. The van der Waals surface area contributed by atoms with Crippen LogP contribution in [0.1, 0.15) is 30.5 Å². The molecule has 0 radical (unpaired) electrons. The number of aryl methyl sites for hydroxylation is 1. The summed E-state index contributed by atoms with van der Waals surface area (Å²) in [4.78, 5) is 31.8. The standard InChI is InChI=1S/C24H26N4O3S/c1-15-6-4-7-19(14-15)27-23(30)26-18-10-8-17(9-11-18)21-20(22(29)31-3)16(2)25-24-28(21)12-5-13-32-24/h4,6-11,14,21H,5,12-13H2,1-3H3,(H2,26,27,30). The van der Waals surface area contributed by atoms with Crippen molar-refractivity contribution in [3.8, 4) is 0 Å². The van der Waals surface area contributed by atoms with E-state index in [4.69, 9.17) is 4.74 Å². The summed E-state index contributed by atoms with van der Waals surface area (Å²) in [5, 5.41) is 6.63. The van der Waals surface area contributed by atoms with Crippen molar-refractivity contribution in [1.82, 2.24) is 4.90 Å². The summed E-state index contributed by atoms with van der Waals surface area (Å²) in [6.07, 6.45) is 1.02. The molecule has 166 valence electrons. The van der Waals surface area contributed by atoms with Gasteiger partial charge in [-0.2, -0.15) is 0 Å². The lowest BCUT2D eigenvalue weighted by atomic mass is 9.94. The van der Waals surface area contributed by atoms with Crippen LogP contribution in [0.15, 0.2) is 64.8 Å². The highest BCUT2D eigenvalue weighted by atomic mass is 32.2. The second-order valence-electron chi connectivity index (χ2n) is 7.75. The first-order chi connectivity index (χ1) is 15.5. The van der Waals surface area contributed by atoms with E-state index in [1.807, 2.05) is 62.4 Å². The van der Waals surface area contributed by atoms with Crippen LogP contribution in [-0.4, -0.2) is 41.5 Å². The number of hydrogen-bond donors (Lipinski definition) is 2. The SMILES string of the molecule is COC(=O)C1=C(C)N=C2SCCCN2C1c1ccc(NC(=O)Nc2cccc(C)c2)cc1. The van der Waals surface area contributed by atoms with Crippen LogP contribution in [-0.2, 0) is 9.53 Å². The van der Waals surface area contributed by atoms with Crippen molar-refractivity contribution in [3.05, 3.63) is 70.9 Å². The average Bonchev–Trinajstić information content (AvgIpc) is 2.78. The van der Waals surface area contributed by atoms with Crippen LogP contribution in [0, 0.1) is 6.92 Å². The van der Waals surface area contributed by atoms with Gasteiger partial charge < -0.3 is 20.3 Å². The molecule has 1 fully saturated rings. The van der Waals surface area contributed by atoms with Crippen LogP contribution >= 0.6 is 11.8 Å². The van der Waals surface area contributed by atoms with Gasteiger partial charge in [0.15, 0.2) is 5.17 Å². The van der Waals surface area contributed by atoms with Gasteiger partial charge >= 0.3 is 12.0 Å². The van der Waals surface area contributed by atoms with E-state index in [-0.39, 0.29) is 18.0 Å². The maximum atomic E-state index is 12.6. The zero-order valence-electron chi connectivity index (χ0n) is 18.3. The molecule has 2 heterocycles. The number of esters is 1. The fourth-order valence-electron chi connectivity index (χ4n) is 3.95. The van der Waals surface area contributed by atoms with Gasteiger partial charge in [-0.25, -0.2) is 14.6 Å². The van der Waals surface area contributed by atoms with E-state index in [1.165, 1.54) is 7.11 Å². The number of nitrogens with zero attached hydrogens (tertiary/aromatic N) is 2. The van der Waals surface area contributed by atoms with Crippen molar-refractivity contribution in [3.63, 3.8) is 0 Å². The number of rotatable bonds is 4. The molecule has 1 unspecified atom stereocenters. The molecule has 2 aliphatic heterocycles. The Balaban J connectivity index is 1.54. The van der Waals surface area contributed by atoms with Gasteiger partial charge in [-0.3, -0.25) is 0 Å². The smallest absolute Gasteiger partial charge is 0.338 e. The molecular weight excluding hydrogens is 424 g/mol. The number of carbonyl (C=O) groups excluding carboxylic acids is 2. The second-order valence-corrected chi connectivity index (χ2v) is 8.82. The Kier molecular flexibility index (Phi) is 6.50. The fourth-order valence-corrected chi connectivity index (χ4v) is 4.97. The molecule has 2 amide bonds. The molecule has 0 aromatic heterocycles. The molecule has 1 saturated heterocycles. The number of urea groups is 1. The maximum Gasteiger partial charge on any atom is 0.338 e. The molecule has 0 saturated carbocycles. The third-order valence-electron chi connectivity index (χ3n) is 5.42. The van der Waals surface area contributed by atoms with Crippen molar-refractivity contribution in [2.24, 2.45) is 4.99 Å². The van der Waals surface area contributed by atoms with Gasteiger partial charge in [0.25, 0.3) is 0 Å². The topological polar surface area (TPSA) is 83.0 Å². The van der Waals surface area contributed by atoms with Crippen molar-refractivity contribution < 1.29 is 14.3 Å². The predicted octanol–water partition coefficient (Wildman–Crippen LogP) is 4.94. The van der Waals surface area contributed by atoms with Gasteiger partial charge in [0.1, 0.15) is 0 Å². The van der Waals surface area contributed by atoms with Crippen molar-refractivity contribution >= 4 is 40.3 Å². The summed E-state index contributed by atoms with van der Waals surface area (Å²) in [6.45, 7) is 4.65. The van der Waals surface area contributed by atoms with Crippen LogP contribution in [0.3, 0.4) is 0 Å². The number of nitrogens with one attached hydrogen (secondary N) is 2. The molecule has 8 heteroatoms. The summed E-state index contributed by atoms with van der Waals surface area (Å²) in [5.74, 6) is 0.646. The number of benzene rings is 2. The number of amides is 2. The third kappa shape index (κ3) is 4.65. The summed E-state index contributed by atoms with van der Waals surface area (Å²) >= 11 is 1.71. The summed E-state index contributed by atoms with van der Waals surface area (Å²) in [6, 6.07) is 14.6. The van der Waals surface area contributed by atoms with E-state index in [0.717, 1.165) is 40.7 Å². The zero-order valence-corrected chi connectivity index (χ0v) is 19.2. The van der Waals surface area contributed by atoms with Crippen molar-refractivity contribution in [2.45, 2.75) is 26.3 Å². The number of carbonyl (C=O) groups is 2. The Morgan fingerprint density at radius 1 is 1.09 bits per heavy atom. The van der Waals surface area contributed by atoms with Gasteiger partial charge in [0.2, 0.25) is 0 Å². The number of methoxy groups -OCH3 is 1. The van der Waals surface area contributed by atoms with E-state index in [2.05, 4.69) is 20.5 Å². The highest BCUT2D eigenvalue weighted by Crippen LogP contribution is 2.40. The molecule has 0 bridgehead atoms. The lowest BCUT2D eigenvalue weighted by Gasteiger charge is -2.40. The number of allylic oxidation sites excluding steroid dienone is 1. The first kappa shape index (κ1) is 22.0. The zero-order chi connectivity index (χ0) is 22.7. The number of fused-ring (bicyclic) bond motifs is 1. The number of amidine groups is 1. The number of anilines is 2. The first-order valence-corrected chi connectivity index (χ1v) is 11.5. The highest BCUT2D eigenvalue weighted by molar-refractivity contribution is 8.13. The van der Waals surface area contributed by atoms with Crippen molar-refractivity contribution in [1.29, 1.82) is 0 Å². The van der Waals surface area contributed by atoms with E-state index in [9.17, 15) is 9.59 Å². The lowest BCUT2D eigenvalue weighted by molar-refractivity contribution is -0.136. The number of thioether (sulfide) groups is 1. The number of ether oxygens (including phenoxy) is 1. The minimum Gasteiger partial charge on any atom is -0.466 e. The van der Waals surface area contributed by atoms with Crippen LogP contribution in [0.4, 0.5) is 16.2 Å². The molecule has 4 rings (SSSR count). The molecule has 1 atom stereocenters. The van der Waals surface area contributed by atoms with Crippen LogP contribution in [0.5, 0.6) is 0 Å². The average molecular weight is 451 g/mol. The van der Waals surface area contributed by atoms with Gasteiger partial charge in [-0.1, -0.05) is 36.0 Å². The quantitative estimate of drug-likeness (QED) is 0.645. The molecule has 0 aliphatic carbocycles. The molecule has 32 heavy (non-hydrogen) atoms. The summed E-state index contributed by atoms with van der Waals surface area (Å²) in [5.41, 5.74) is 4.65.